The molecular formula is C20H25N5O3. The first kappa shape index (κ1) is 17.6. The highest BCUT2D eigenvalue weighted by atomic mass is 16.2. The molecule has 0 aromatic carbocycles. The number of anilines is 2. The van der Waals surface area contributed by atoms with Gasteiger partial charge in [0.1, 0.15) is 5.82 Å². The number of fused-ring (bicyclic) bond motifs is 1. The summed E-state index contributed by atoms with van der Waals surface area (Å²) in [5.41, 5.74) is 2.78. The standard InChI is InChI=1S/C20H25N5O3/c26-16-4-3-13(19(28)23-16)8-17(27)25-7-1-2-14-15(5-6-22-18(14)25)24-11-20(12-24)9-21-10-20/h5-6,13,21H,1-4,7-12H2,(H,23,26,28). The molecule has 1 aromatic rings. The minimum absolute atomic E-state index is 0.0802. The Morgan fingerprint density at radius 2 is 2.07 bits per heavy atom. The van der Waals surface area contributed by atoms with Crippen LogP contribution in [-0.4, -0.2) is 55.4 Å². The van der Waals surface area contributed by atoms with Crippen LogP contribution < -0.4 is 20.4 Å². The molecule has 148 valence electrons. The summed E-state index contributed by atoms with van der Waals surface area (Å²) < 4.78 is 0. The number of nitrogens with zero attached hydrogens (tertiary/aromatic N) is 3. The van der Waals surface area contributed by atoms with Gasteiger partial charge in [0, 0.05) is 74.3 Å². The van der Waals surface area contributed by atoms with Gasteiger partial charge in [-0.25, -0.2) is 4.98 Å². The number of hydrogen-bond acceptors (Lipinski definition) is 6. The van der Waals surface area contributed by atoms with Crippen molar-refractivity contribution < 1.29 is 14.4 Å². The first-order valence-electron chi connectivity index (χ1n) is 10.1. The minimum atomic E-state index is -0.430. The number of hydrogen-bond donors (Lipinski definition) is 2. The molecule has 5 rings (SSSR count). The van der Waals surface area contributed by atoms with Crippen LogP contribution in [0.1, 0.15) is 31.2 Å². The van der Waals surface area contributed by atoms with E-state index in [-0.39, 0.29) is 24.1 Å². The molecule has 1 unspecified atom stereocenters. The molecule has 3 amide bonds. The topological polar surface area (TPSA) is 94.6 Å². The molecule has 28 heavy (non-hydrogen) atoms. The van der Waals surface area contributed by atoms with E-state index in [0.717, 1.165) is 50.4 Å². The average Bonchev–Trinajstić information content (AvgIpc) is 2.61. The van der Waals surface area contributed by atoms with Gasteiger partial charge in [0.25, 0.3) is 0 Å². The summed E-state index contributed by atoms with van der Waals surface area (Å²) in [7, 11) is 0. The third-order valence-electron chi connectivity index (χ3n) is 6.54. The van der Waals surface area contributed by atoms with Gasteiger partial charge >= 0.3 is 0 Å². The van der Waals surface area contributed by atoms with Crippen LogP contribution in [0.2, 0.25) is 0 Å². The third-order valence-corrected chi connectivity index (χ3v) is 6.54. The quantitative estimate of drug-likeness (QED) is 0.725. The summed E-state index contributed by atoms with van der Waals surface area (Å²) in [4.78, 5) is 45.0. The molecule has 1 aromatic heterocycles. The monoisotopic (exact) mass is 383 g/mol. The lowest BCUT2D eigenvalue weighted by molar-refractivity contribution is -0.138. The van der Waals surface area contributed by atoms with Gasteiger partial charge < -0.3 is 10.2 Å². The van der Waals surface area contributed by atoms with Crippen LogP contribution in [0.15, 0.2) is 12.3 Å². The van der Waals surface area contributed by atoms with E-state index in [4.69, 9.17) is 0 Å². The highest BCUT2D eigenvalue weighted by molar-refractivity contribution is 6.02. The Bertz CT molecular complexity index is 842. The highest BCUT2D eigenvalue weighted by Crippen LogP contribution is 2.41. The maximum Gasteiger partial charge on any atom is 0.230 e. The Morgan fingerprint density at radius 1 is 1.25 bits per heavy atom. The van der Waals surface area contributed by atoms with Gasteiger partial charge in [-0.1, -0.05) is 0 Å². The van der Waals surface area contributed by atoms with Gasteiger partial charge in [0.05, 0.1) is 0 Å². The summed E-state index contributed by atoms with van der Waals surface area (Å²) in [5, 5.41) is 5.70. The normalized spacial score (nSPS) is 25.6. The number of imide groups is 1. The molecule has 4 aliphatic heterocycles. The Labute approximate surface area is 163 Å². The van der Waals surface area contributed by atoms with Gasteiger partial charge in [0.2, 0.25) is 17.7 Å². The molecule has 4 aliphatic rings. The number of aromatic nitrogens is 1. The van der Waals surface area contributed by atoms with Crippen molar-refractivity contribution in [2.45, 2.75) is 32.1 Å². The van der Waals surface area contributed by atoms with Crippen molar-refractivity contribution in [3.8, 4) is 0 Å². The average molecular weight is 383 g/mol. The Balaban J connectivity index is 1.33. The van der Waals surface area contributed by atoms with E-state index in [9.17, 15) is 14.4 Å². The molecule has 2 N–H and O–H groups in total. The number of piperidine rings is 1. The van der Waals surface area contributed by atoms with Crippen molar-refractivity contribution >= 4 is 29.2 Å². The van der Waals surface area contributed by atoms with E-state index in [2.05, 4.69) is 26.6 Å². The zero-order valence-corrected chi connectivity index (χ0v) is 15.9. The van der Waals surface area contributed by atoms with E-state index in [1.54, 1.807) is 11.1 Å². The van der Waals surface area contributed by atoms with E-state index in [0.29, 0.717) is 24.8 Å². The second kappa shape index (κ2) is 6.55. The molecular weight excluding hydrogens is 358 g/mol. The third kappa shape index (κ3) is 2.87. The number of amides is 3. The number of carbonyl (C=O) groups excluding carboxylic acids is 3. The second-order valence-corrected chi connectivity index (χ2v) is 8.59. The Morgan fingerprint density at radius 3 is 2.79 bits per heavy atom. The van der Waals surface area contributed by atoms with Crippen LogP contribution in [0.5, 0.6) is 0 Å². The van der Waals surface area contributed by atoms with Gasteiger partial charge in [-0.3, -0.25) is 24.6 Å². The maximum absolute atomic E-state index is 13.0. The number of carbonyl (C=O) groups is 3. The van der Waals surface area contributed by atoms with Crippen molar-refractivity contribution in [3.05, 3.63) is 17.8 Å². The zero-order chi connectivity index (χ0) is 19.3. The molecule has 0 saturated carbocycles. The molecule has 0 aliphatic carbocycles. The van der Waals surface area contributed by atoms with Crippen molar-refractivity contribution in [1.82, 2.24) is 15.6 Å². The summed E-state index contributed by atoms with van der Waals surface area (Å²) in [6.45, 7) is 4.92. The fourth-order valence-corrected chi connectivity index (χ4v) is 4.89. The van der Waals surface area contributed by atoms with Crippen LogP contribution in [0.3, 0.4) is 0 Å². The SMILES string of the molecule is O=C1CCC(CC(=O)N2CCCc3c(N4CC5(CNC5)C4)ccnc32)C(=O)N1. The predicted molar refractivity (Wildman–Crippen MR) is 103 cm³/mol. The molecule has 3 saturated heterocycles. The molecule has 1 atom stereocenters. The number of nitrogens with one attached hydrogen (secondary N) is 2. The second-order valence-electron chi connectivity index (χ2n) is 8.59. The van der Waals surface area contributed by atoms with E-state index >= 15 is 0 Å². The Hall–Kier alpha value is -2.48. The molecule has 3 fully saturated rings. The summed E-state index contributed by atoms with van der Waals surface area (Å²) in [5.74, 6) is -0.349. The van der Waals surface area contributed by atoms with Crippen LogP contribution >= 0.6 is 0 Å². The van der Waals surface area contributed by atoms with Crippen molar-refractivity contribution in [2.24, 2.45) is 11.3 Å². The van der Waals surface area contributed by atoms with Gasteiger partial charge in [0.15, 0.2) is 0 Å². The van der Waals surface area contributed by atoms with Crippen LogP contribution in [0.25, 0.3) is 0 Å². The maximum atomic E-state index is 13.0. The van der Waals surface area contributed by atoms with E-state index < -0.39 is 5.92 Å². The van der Waals surface area contributed by atoms with Crippen LogP contribution in [0, 0.1) is 11.3 Å². The molecule has 8 heteroatoms. The van der Waals surface area contributed by atoms with E-state index in [1.807, 2.05) is 0 Å². The lowest BCUT2D eigenvalue weighted by Crippen LogP contribution is -2.71. The summed E-state index contributed by atoms with van der Waals surface area (Å²) in [6.07, 6.45) is 4.47. The molecule has 1 spiro atoms. The molecule has 0 bridgehead atoms. The molecule has 5 heterocycles. The predicted octanol–water partition coefficient (Wildman–Crippen LogP) is 0.213. The molecule has 8 nitrogen and oxygen atoms in total. The Kier molecular flexibility index (Phi) is 4.12. The first-order chi connectivity index (χ1) is 13.5. The van der Waals surface area contributed by atoms with Gasteiger partial charge in [-0.15, -0.1) is 0 Å². The summed E-state index contributed by atoms with van der Waals surface area (Å²) >= 11 is 0. The lowest BCUT2D eigenvalue weighted by Gasteiger charge is -2.57. The van der Waals surface area contributed by atoms with Crippen LogP contribution in [-0.2, 0) is 20.8 Å². The van der Waals surface area contributed by atoms with Crippen molar-refractivity contribution in [1.29, 1.82) is 0 Å². The van der Waals surface area contributed by atoms with Gasteiger partial charge in [-0.05, 0) is 25.3 Å². The van der Waals surface area contributed by atoms with Gasteiger partial charge in [-0.2, -0.15) is 0 Å². The summed E-state index contributed by atoms with van der Waals surface area (Å²) in [6, 6.07) is 2.06. The largest absolute Gasteiger partial charge is 0.370 e. The van der Waals surface area contributed by atoms with Crippen molar-refractivity contribution in [3.63, 3.8) is 0 Å². The fourth-order valence-electron chi connectivity index (χ4n) is 4.89. The first-order valence-corrected chi connectivity index (χ1v) is 10.1. The number of rotatable bonds is 3. The molecule has 0 radical (unpaired) electrons. The highest BCUT2D eigenvalue weighted by Gasteiger charge is 2.48. The zero-order valence-electron chi connectivity index (χ0n) is 15.9. The van der Waals surface area contributed by atoms with Crippen LogP contribution in [0.4, 0.5) is 11.5 Å². The van der Waals surface area contributed by atoms with E-state index in [1.165, 1.54) is 5.69 Å². The van der Waals surface area contributed by atoms with Crippen molar-refractivity contribution in [2.75, 3.05) is 42.5 Å². The minimum Gasteiger partial charge on any atom is -0.370 e. The fraction of sp³-hybridized carbons (Fsp3) is 0.600. The number of pyridine rings is 1. The lowest BCUT2D eigenvalue weighted by atomic mass is 9.74. The smallest absolute Gasteiger partial charge is 0.230 e.